The molecule has 0 saturated carbocycles. The molecule has 0 fully saturated rings. The number of aromatic nitrogens is 4. The number of nitrogens with one attached hydrogen (secondary N) is 2. The molecule has 10 aromatic rings. The maximum absolute atomic E-state index is 13.1. The Morgan fingerprint density at radius 3 is 1.19 bits per heavy atom. The van der Waals surface area contributed by atoms with Gasteiger partial charge in [0, 0.05) is 37.4 Å². The first kappa shape index (κ1) is 60.0. The van der Waals surface area contributed by atoms with E-state index in [-0.39, 0.29) is 64.1 Å². The van der Waals surface area contributed by atoms with E-state index in [1.165, 1.54) is 19.4 Å². The summed E-state index contributed by atoms with van der Waals surface area (Å²) < 4.78 is 48.3. The van der Waals surface area contributed by atoms with E-state index < -0.39 is 11.8 Å². The normalized spacial score (nSPS) is 11.1. The molecule has 0 bridgehead atoms. The molecular formula is C67H65N7O12. The zero-order valence-corrected chi connectivity index (χ0v) is 48.7. The summed E-state index contributed by atoms with van der Waals surface area (Å²) in [6.45, 7) is 14.0. The Bertz CT molecular complexity index is 3870. The first-order valence-electron chi connectivity index (χ1n) is 28.0. The Labute approximate surface area is 497 Å². The minimum Gasteiger partial charge on any atom is -0.488 e. The van der Waals surface area contributed by atoms with E-state index in [4.69, 9.17) is 41.9 Å². The predicted octanol–water partition coefficient (Wildman–Crippen LogP) is 13.8. The van der Waals surface area contributed by atoms with E-state index in [1.807, 2.05) is 153 Å². The van der Waals surface area contributed by atoms with E-state index in [9.17, 15) is 14.4 Å². The van der Waals surface area contributed by atoms with Crippen molar-refractivity contribution in [1.29, 1.82) is 0 Å². The monoisotopic (exact) mass is 1160 g/mol. The largest absolute Gasteiger partial charge is 0.488 e. The lowest BCUT2D eigenvalue weighted by Gasteiger charge is -2.19. The molecule has 4 aromatic heterocycles. The van der Waals surface area contributed by atoms with Gasteiger partial charge < -0.3 is 52.5 Å². The predicted molar refractivity (Wildman–Crippen MR) is 322 cm³/mol. The first-order chi connectivity index (χ1) is 42.0. The fourth-order valence-corrected chi connectivity index (χ4v) is 9.08. The van der Waals surface area contributed by atoms with Gasteiger partial charge in [0.05, 0.1) is 17.3 Å². The van der Waals surface area contributed by atoms with E-state index in [2.05, 4.69) is 64.1 Å². The van der Waals surface area contributed by atoms with Crippen molar-refractivity contribution < 1.29 is 56.3 Å². The third kappa shape index (κ3) is 14.8. The number of carbonyl (C=O) groups excluding carboxylic acids is 3. The molecule has 0 aliphatic rings. The van der Waals surface area contributed by atoms with Crippen molar-refractivity contribution in [3.05, 3.63) is 214 Å². The number of hydrogen-bond donors (Lipinski definition) is 2. The average molecular weight is 1160 g/mol. The molecule has 440 valence electrons. The van der Waals surface area contributed by atoms with E-state index in [0.29, 0.717) is 84.6 Å². The highest BCUT2D eigenvalue weighted by molar-refractivity contribution is 6.03. The summed E-state index contributed by atoms with van der Waals surface area (Å²) in [4.78, 5) is 42.3. The fourth-order valence-electron chi connectivity index (χ4n) is 9.08. The number of oxime groups is 1. The molecule has 19 heteroatoms. The third-order valence-electron chi connectivity index (χ3n) is 13.4. The van der Waals surface area contributed by atoms with Crippen LogP contribution in [0.1, 0.15) is 124 Å². The summed E-state index contributed by atoms with van der Waals surface area (Å²) in [6.07, 6.45) is 1.96. The number of ether oxygens (including phenoxy) is 4. The van der Waals surface area contributed by atoms with Crippen LogP contribution in [0.3, 0.4) is 0 Å². The lowest BCUT2D eigenvalue weighted by atomic mass is 9.95. The second kappa shape index (κ2) is 29.1. The highest BCUT2D eigenvalue weighted by Crippen LogP contribution is 2.46. The molecule has 0 spiro atoms. The lowest BCUT2D eigenvalue weighted by molar-refractivity contribution is 0.0939. The van der Waals surface area contributed by atoms with Crippen molar-refractivity contribution in [2.75, 3.05) is 20.2 Å². The maximum atomic E-state index is 13.1. The smallest absolute Gasteiger partial charge is 0.274 e. The van der Waals surface area contributed by atoms with Crippen LogP contribution < -0.4 is 29.6 Å². The van der Waals surface area contributed by atoms with Crippen molar-refractivity contribution >= 4 is 24.3 Å². The molecule has 0 unspecified atom stereocenters. The lowest BCUT2D eigenvalue weighted by Crippen LogP contribution is -2.23. The van der Waals surface area contributed by atoms with E-state index in [0.717, 1.165) is 33.4 Å². The van der Waals surface area contributed by atoms with Crippen molar-refractivity contribution in [3.63, 3.8) is 0 Å². The van der Waals surface area contributed by atoms with Crippen molar-refractivity contribution in [2.45, 2.75) is 79.8 Å². The van der Waals surface area contributed by atoms with Gasteiger partial charge in [0.2, 0.25) is 0 Å². The van der Waals surface area contributed by atoms with Crippen molar-refractivity contribution in [1.82, 2.24) is 31.3 Å². The molecule has 0 atom stereocenters. The van der Waals surface area contributed by atoms with Gasteiger partial charge in [-0.2, -0.15) is 0 Å². The van der Waals surface area contributed by atoms with Crippen molar-refractivity contribution in [2.24, 2.45) is 5.16 Å². The highest BCUT2D eigenvalue weighted by atomic mass is 16.6. The average Bonchev–Trinajstić information content (AvgIpc) is 1.80. The number of carbonyl (C=O) groups is 3. The molecule has 0 aliphatic heterocycles. The third-order valence-corrected chi connectivity index (χ3v) is 13.4. The SMILES string of the molecule is CCNC(=O)c1noc(-c2cc(C(C)C)c(OCc3ccccc3)cc2OCc2ccccc2)c1-c1cc(/C=N/OC)no1.CCNC(=O)c1noc(-c2cc(C(C)C)c(OCc3ccccc3)cc2OCc2ccccc2)c1-c1cc(C=O)no1. The molecule has 0 radical (unpaired) electrons. The summed E-state index contributed by atoms with van der Waals surface area (Å²) in [7, 11) is 1.43. The van der Waals surface area contributed by atoms with Gasteiger partial charge in [0.25, 0.3) is 11.8 Å². The Morgan fingerprint density at radius 2 is 0.849 bits per heavy atom. The maximum Gasteiger partial charge on any atom is 0.274 e. The van der Waals surface area contributed by atoms with Gasteiger partial charge in [-0.15, -0.1) is 0 Å². The van der Waals surface area contributed by atoms with Crippen molar-refractivity contribution in [3.8, 4) is 68.3 Å². The number of nitrogens with zero attached hydrogens (tertiary/aromatic N) is 5. The zero-order valence-electron chi connectivity index (χ0n) is 48.7. The first-order valence-corrected chi connectivity index (χ1v) is 28.0. The molecule has 6 aromatic carbocycles. The van der Waals surface area contributed by atoms with Crippen LogP contribution in [0.15, 0.2) is 181 Å². The van der Waals surface area contributed by atoms with E-state index in [1.54, 1.807) is 13.0 Å². The van der Waals surface area contributed by atoms with Crippen LogP contribution in [0.25, 0.3) is 45.3 Å². The second-order valence-electron chi connectivity index (χ2n) is 20.1. The molecule has 0 saturated heterocycles. The van der Waals surface area contributed by atoms with Crippen LogP contribution in [-0.4, -0.2) is 65.1 Å². The quantitative estimate of drug-likeness (QED) is 0.0307. The Morgan fingerprint density at radius 1 is 0.488 bits per heavy atom. The van der Waals surface area contributed by atoms with Gasteiger partial charge in [0.15, 0.2) is 40.7 Å². The summed E-state index contributed by atoms with van der Waals surface area (Å²) in [6, 6.07) is 50.1. The van der Waals surface area contributed by atoms with Gasteiger partial charge in [0.1, 0.15) is 79.1 Å². The minimum atomic E-state index is -0.454. The van der Waals surface area contributed by atoms with E-state index >= 15 is 0 Å². The zero-order chi connectivity index (χ0) is 60.4. The molecule has 19 nitrogen and oxygen atoms in total. The van der Waals surface area contributed by atoms with Gasteiger partial charge >= 0.3 is 0 Å². The Kier molecular flexibility index (Phi) is 20.3. The van der Waals surface area contributed by atoms with Gasteiger partial charge in [-0.1, -0.05) is 175 Å². The molecule has 2 N–H and O–H groups in total. The Hall–Kier alpha value is -10.6. The molecule has 86 heavy (non-hydrogen) atoms. The summed E-state index contributed by atoms with van der Waals surface area (Å²) in [5.74, 6) is 2.53. The van der Waals surface area contributed by atoms with Crippen LogP contribution in [0.2, 0.25) is 0 Å². The van der Waals surface area contributed by atoms with Crippen LogP contribution in [0.5, 0.6) is 23.0 Å². The van der Waals surface area contributed by atoms with Gasteiger partial charge in [-0.05, 0) is 71.2 Å². The van der Waals surface area contributed by atoms with Gasteiger partial charge in [-0.3, -0.25) is 14.4 Å². The summed E-state index contributed by atoms with van der Waals surface area (Å²) in [5, 5.41) is 25.4. The highest BCUT2D eigenvalue weighted by Gasteiger charge is 2.32. The standard InChI is InChI=1S/C34H34N4O6.C33H31N3O6/c1-5-35-34(39)32-31(30-16-25(37-43-30)19-36-40-4)33(44-38-32)27-17-26(22(2)3)28(41-20-23-12-8-6-9-13-23)18-29(27)42-21-24-14-10-7-11-15-24;1-4-34-33(38)31-30(29-15-24(18-37)35-41-29)32(42-36-31)26-16-25(21(2)3)27(39-19-22-11-7-5-8-12-22)17-28(26)40-20-23-13-9-6-10-14-23/h6-19,22H,5,20-21H2,1-4H3,(H,35,39);5-18,21H,4,19-20H2,1-3H3,(H,34,38)/b36-19+;. The van der Waals surface area contributed by atoms with Crippen LogP contribution in [0.4, 0.5) is 0 Å². The number of amides is 2. The molecule has 2 amide bonds. The summed E-state index contributed by atoms with van der Waals surface area (Å²) in [5.41, 5.74) is 8.10. The summed E-state index contributed by atoms with van der Waals surface area (Å²) >= 11 is 0. The molecule has 0 aliphatic carbocycles. The molecule has 4 heterocycles. The van der Waals surface area contributed by atoms with Crippen LogP contribution in [0, 0.1) is 0 Å². The topological polar surface area (TPSA) is 238 Å². The van der Waals surface area contributed by atoms with Gasteiger partial charge in [-0.25, -0.2) is 0 Å². The fraction of sp³-hybridized carbons (Fsp3) is 0.224. The second-order valence-corrected chi connectivity index (χ2v) is 20.1. The molecular weight excluding hydrogens is 1090 g/mol. The minimum absolute atomic E-state index is 0.00459. The number of benzene rings is 6. The number of rotatable bonds is 25. The number of hydrogen-bond acceptors (Lipinski definition) is 17. The van der Waals surface area contributed by atoms with Crippen LogP contribution >= 0.6 is 0 Å². The molecule has 10 rings (SSSR count). The number of aldehydes is 1. The van der Waals surface area contributed by atoms with Crippen LogP contribution in [-0.2, 0) is 31.3 Å². The Balaban J connectivity index is 0.000000206.